The Morgan fingerprint density at radius 3 is 2.82 bits per heavy atom. The first kappa shape index (κ1) is 14.5. The second kappa shape index (κ2) is 6.11. The van der Waals surface area contributed by atoms with Gasteiger partial charge in [0.1, 0.15) is 5.75 Å². The number of nitrogens with zero attached hydrogens (tertiary/aromatic N) is 2. The Hall–Kier alpha value is -2.47. The number of benzene rings is 1. The van der Waals surface area contributed by atoms with Crippen molar-refractivity contribution in [2.45, 2.75) is 31.2 Å². The molecule has 6 heteroatoms. The summed E-state index contributed by atoms with van der Waals surface area (Å²) in [5, 5.41) is 2.87. The first-order chi connectivity index (χ1) is 10.7. The number of rotatable bonds is 4. The van der Waals surface area contributed by atoms with Gasteiger partial charge in [-0.2, -0.15) is 0 Å². The fraction of sp³-hybridized carbons (Fsp3) is 0.312. The van der Waals surface area contributed by atoms with Crippen molar-refractivity contribution >= 4 is 11.6 Å². The predicted molar refractivity (Wildman–Crippen MR) is 82.6 cm³/mol. The van der Waals surface area contributed by atoms with E-state index in [9.17, 15) is 4.79 Å². The van der Waals surface area contributed by atoms with Crippen LogP contribution in [-0.2, 0) is 4.79 Å². The van der Waals surface area contributed by atoms with Gasteiger partial charge in [-0.3, -0.25) is 9.78 Å². The lowest BCUT2D eigenvalue weighted by molar-refractivity contribution is -0.121. The van der Waals surface area contributed by atoms with Gasteiger partial charge in [0.05, 0.1) is 11.7 Å². The van der Waals surface area contributed by atoms with Crippen molar-refractivity contribution in [1.29, 1.82) is 0 Å². The molecule has 0 unspecified atom stereocenters. The van der Waals surface area contributed by atoms with Crippen LogP contribution in [0.1, 0.15) is 25.7 Å². The van der Waals surface area contributed by atoms with E-state index in [0.29, 0.717) is 17.3 Å². The van der Waals surface area contributed by atoms with E-state index in [2.05, 4.69) is 15.3 Å². The van der Waals surface area contributed by atoms with Gasteiger partial charge in [0.25, 0.3) is 0 Å². The molecular weight excluding hydrogens is 280 g/mol. The zero-order chi connectivity index (χ0) is 15.4. The molecule has 3 rings (SSSR count). The Balaban J connectivity index is 1.70. The minimum atomic E-state index is -0.748. The van der Waals surface area contributed by atoms with Gasteiger partial charge in [-0.05, 0) is 25.0 Å². The number of nitrogens with one attached hydrogen (secondary N) is 1. The van der Waals surface area contributed by atoms with Crippen LogP contribution in [0.4, 0.5) is 5.69 Å². The van der Waals surface area contributed by atoms with E-state index in [1.807, 2.05) is 0 Å². The SMILES string of the molecule is NC1(C(=O)Nc2cccc(Oc3cnccn3)c2)CCCC1. The Kier molecular flexibility index (Phi) is 4.02. The third-order valence-corrected chi connectivity index (χ3v) is 3.80. The molecule has 3 N–H and O–H groups in total. The molecule has 0 bridgehead atoms. The number of carbonyl (C=O) groups is 1. The number of aromatic nitrogens is 2. The highest BCUT2D eigenvalue weighted by Gasteiger charge is 2.36. The summed E-state index contributed by atoms with van der Waals surface area (Å²) in [7, 11) is 0. The zero-order valence-corrected chi connectivity index (χ0v) is 12.2. The minimum Gasteiger partial charge on any atom is -0.437 e. The fourth-order valence-electron chi connectivity index (χ4n) is 2.58. The maximum absolute atomic E-state index is 12.3. The summed E-state index contributed by atoms with van der Waals surface area (Å²) in [6, 6.07) is 7.14. The molecule has 1 aliphatic rings. The molecule has 114 valence electrons. The summed E-state index contributed by atoms with van der Waals surface area (Å²) < 4.78 is 5.60. The Bertz CT molecular complexity index is 654. The van der Waals surface area contributed by atoms with Gasteiger partial charge in [-0.1, -0.05) is 18.9 Å². The minimum absolute atomic E-state index is 0.137. The molecule has 22 heavy (non-hydrogen) atoms. The second-order valence-electron chi connectivity index (χ2n) is 5.49. The molecule has 1 amide bonds. The number of anilines is 1. The number of hydrogen-bond donors (Lipinski definition) is 2. The van der Waals surface area contributed by atoms with E-state index < -0.39 is 5.54 Å². The second-order valence-corrected chi connectivity index (χ2v) is 5.49. The summed E-state index contributed by atoms with van der Waals surface area (Å²) in [4.78, 5) is 20.3. The smallest absolute Gasteiger partial charge is 0.244 e. The summed E-state index contributed by atoms with van der Waals surface area (Å²) in [6.07, 6.45) is 8.12. The van der Waals surface area contributed by atoms with Crippen LogP contribution in [0.3, 0.4) is 0 Å². The summed E-state index contributed by atoms with van der Waals surface area (Å²) in [6.45, 7) is 0. The molecule has 0 spiro atoms. The lowest BCUT2D eigenvalue weighted by Crippen LogP contribution is -2.48. The molecule has 0 saturated heterocycles. The van der Waals surface area contributed by atoms with Crippen LogP contribution in [0, 0.1) is 0 Å². The van der Waals surface area contributed by atoms with Gasteiger partial charge in [-0.15, -0.1) is 0 Å². The molecule has 1 aromatic carbocycles. The average Bonchev–Trinajstić information content (AvgIpc) is 2.97. The molecule has 0 aliphatic heterocycles. The van der Waals surface area contributed by atoms with Crippen molar-refractivity contribution in [2.75, 3.05) is 5.32 Å². The normalized spacial score (nSPS) is 16.2. The van der Waals surface area contributed by atoms with Crippen LogP contribution in [0.2, 0.25) is 0 Å². The van der Waals surface area contributed by atoms with Gasteiger partial charge in [0, 0.05) is 24.1 Å². The fourth-order valence-corrected chi connectivity index (χ4v) is 2.58. The highest BCUT2D eigenvalue weighted by Crippen LogP contribution is 2.29. The van der Waals surface area contributed by atoms with Crippen molar-refractivity contribution in [2.24, 2.45) is 5.73 Å². The average molecular weight is 298 g/mol. The number of hydrogen-bond acceptors (Lipinski definition) is 5. The van der Waals surface area contributed by atoms with E-state index in [1.54, 1.807) is 36.7 Å². The van der Waals surface area contributed by atoms with Gasteiger partial charge < -0.3 is 15.8 Å². The molecule has 0 atom stereocenters. The van der Waals surface area contributed by atoms with Crippen LogP contribution in [0.25, 0.3) is 0 Å². The van der Waals surface area contributed by atoms with E-state index in [4.69, 9.17) is 10.5 Å². The van der Waals surface area contributed by atoms with Crippen LogP contribution in [0.15, 0.2) is 42.9 Å². The quantitative estimate of drug-likeness (QED) is 0.905. The topological polar surface area (TPSA) is 90.1 Å². The number of ether oxygens (including phenoxy) is 1. The lowest BCUT2D eigenvalue weighted by atomic mass is 9.98. The monoisotopic (exact) mass is 298 g/mol. The molecular formula is C16H18N4O2. The van der Waals surface area contributed by atoms with Crippen LogP contribution in [-0.4, -0.2) is 21.4 Å². The summed E-state index contributed by atoms with van der Waals surface area (Å²) in [5.74, 6) is 0.842. The molecule has 2 aromatic rings. The maximum atomic E-state index is 12.3. The van der Waals surface area contributed by atoms with Gasteiger partial charge >= 0.3 is 0 Å². The first-order valence-electron chi connectivity index (χ1n) is 7.30. The Labute approximate surface area is 128 Å². The molecule has 1 aliphatic carbocycles. The van der Waals surface area contributed by atoms with Crippen LogP contribution in [0.5, 0.6) is 11.6 Å². The first-order valence-corrected chi connectivity index (χ1v) is 7.30. The largest absolute Gasteiger partial charge is 0.437 e. The van der Waals surface area contributed by atoms with Crippen molar-refractivity contribution < 1.29 is 9.53 Å². The predicted octanol–water partition coefficient (Wildman–Crippen LogP) is 2.48. The van der Waals surface area contributed by atoms with Crippen LogP contribution < -0.4 is 15.8 Å². The summed E-state index contributed by atoms with van der Waals surface area (Å²) >= 11 is 0. The third-order valence-electron chi connectivity index (χ3n) is 3.80. The molecule has 0 radical (unpaired) electrons. The van der Waals surface area contributed by atoms with Crippen molar-refractivity contribution in [3.8, 4) is 11.6 Å². The van der Waals surface area contributed by atoms with Crippen molar-refractivity contribution in [3.05, 3.63) is 42.9 Å². The number of nitrogens with two attached hydrogens (primary N) is 1. The van der Waals surface area contributed by atoms with E-state index in [-0.39, 0.29) is 5.91 Å². The number of amides is 1. The van der Waals surface area contributed by atoms with Crippen molar-refractivity contribution in [1.82, 2.24) is 9.97 Å². The van der Waals surface area contributed by atoms with Crippen molar-refractivity contribution in [3.63, 3.8) is 0 Å². The lowest BCUT2D eigenvalue weighted by Gasteiger charge is -2.22. The zero-order valence-electron chi connectivity index (χ0n) is 12.2. The highest BCUT2D eigenvalue weighted by molar-refractivity contribution is 5.98. The number of carbonyl (C=O) groups excluding carboxylic acids is 1. The van der Waals surface area contributed by atoms with Gasteiger partial charge in [0.2, 0.25) is 11.8 Å². The molecule has 1 aromatic heterocycles. The Morgan fingerprint density at radius 1 is 1.27 bits per heavy atom. The van der Waals surface area contributed by atoms with E-state index in [1.165, 1.54) is 6.20 Å². The van der Waals surface area contributed by atoms with Gasteiger partial charge in [0.15, 0.2) is 0 Å². The maximum Gasteiger partial charge on any atom is 0.244 e. The van der Waals surface area contributed by atoms with Gasteiger partial charge in [-0.25, -0.2) is 4.98 Å². The molecule has 6 nitrogen and oxygen atoms in total. The Morgan fingerprint density at radius 2 is 2.09 bits per heavy atom. The molecule has 1 saturated carbocycles. The third kappa shape index (κ3) is 3.23. The molecule has 1 fully saturated rings. The highest BCUT2D eigenvalue weighted by atomic mass is 16.5. The van der Waals surface area contributed by atoms with E-state index in [0.717, 1.165) is 25.7 Å². The standard InChI is InChI=1S/C16H18N4O2/c17-16(6-1-2-7-16)15(21)20-12-4-3-5-13(10-12)22-14-11-18-8-9-19-14/h3-5,8-11H,1-2,6-7,17H2,(H,20,21). The van der Waals surface area contributed by atoms with E-state index >= 15 is 0 Å². The molecule has 1 heterocycles. The van der Waals surface area contributed by atoms with Crippen LogP contribution >= 0.6 is 0 Å². The summed E-state index contributed by atoms with van der Waals surface area (Å²) in [5.41, 5.74) is 6.06.